The largest absolute Gasteiger partial charge is 0.397 e. The van der Waals surface area contributed by atoms with Crippen LogP contribution in [0.15, 0.2) is 72.8 Å². The van der Waals surface area contributed by atoms with Crippen LogP contribution in [-0.4, -0.2) is 36.9 Å². The summed E-state index contributed by atoms with van der Waals surface area (Å²) in [7, 11) is 2.00. The quantitative estimate of drug-likeness (QED) is 0.360. The van der Waals surface area contributed by atoms with Gasteiger partial charge in [-0.25, -0.2) is 4.39 Å². The van der Waals surface area contributed by atoms with Crippen molar-refractivity contribution in [3.63, 3.8) is 0 Å². The third-order valence-corrected chi connectivity index (χ3v) is 6.28. The van der Waals surface area contributed by atoms with Gasteiger partial charge in [-0.3, -0.25) is 9.59 Å². The average Bonchev–Trinajstić information content (AvgIpc) is 3.24. The molecule has 6 nitrogen and oxygen atoms in total. The minimum Gasteiger partial charge on any atom is -0.397 e. The highest BCUT2D eigenvalue weighted by molar-refractivity contribution is 6.03. The van der Waals surface area contributed by atoms with Gasteiger partial charge in [-0.15, -0.1) is 0 Å². The normalized spacial score (nSPS) is 18.0. The number of nitrogen functional groups attached to an aromatic ring is 1. The van der Waals surface area contributed by atoms with Crippen LogP contribution in [0.3, 0.4) is 0 Å². The number of carbonyl (C=O) groups is 2. The monoisotopic (exact) mass is 472 g/mol. The van der Waals surface area contributed by atoms with Gasteiger partial charge in [-0.2, -0.15) is 0 Å². The van der Waals surface area contributed by atoms with Gasteiger partial charge in [-0.1, -0.05) is 36.4 Å². The highest BCUT2D eigenvalue weighted by Crippen LogP contribution is 2.33. The molecule has 0 saturated carbocycles. The first-order chi connectivity index (χ1) is 16.8. The molecule has 1 aliphatic heterocycles. The van der Waals surface area contributed by atoms with Crippen molar-refractivity contribution in [3.05, 3.63) is 95.3 Å². The molecule has 0 bridgehead atoms. The van der Waals surface area contributed by atoms with E-state index in [1.54, 1.807) is 37.3 Å². The fourth-order valence-corrected chi connectivity index (χ4v) is 4.37. The molecule has 0 spiro atoms. The number of hydrogen-bond acceptors (Lipinski definition) is 4. The summed E-state index contributed by atoms with van der Waals surface area (Å²) in [5.74, 6) is -0.835. The average molecular weight is 473 g/mol. The smallest absolute Gasteiger partial charge is 0.248 e. The molecule has 0 radical (unpaired) electrons. The summed E-state index contributed by atoms with van der Waals surface area (Å²) in [6, 6.07) is 19.6. The number of rotatable bonds is 6. The second kappa shape index (κ2) is 10.5. The number of anilines is 3. The number of hydrogen-bond donors (Lipinski definition) is 3. The van der Waals surface area contributed by atoms with Gasteiger partial charge < -0.3 is 21.3 Å². The molecular formula is C28H29FN4O2. The molecule has 2 amide bonds. The standard InChI is InChI=1S/C28H29FN4O2/c1-18-15-21(12-13-24(18)29)31-28(35)23-17-33(2)16-22(23)20-10-7-19(8-11-20)9-14-27(34)32-26-6-4-3-5-25(26)30/h3-15,22-23H,16-17,30H2,1-2H3,(H,31,35)(H,32,34)/b14-9+. The molecule has 3 aromatic rings. The number of amides is 2. The molecule has 1 fully saturated rings. The molecule has 180 valence electrons. The highest BCUT2D eigenvalue weighted by Gasteiger charge is 2.37. The molecule has 1 saturated heterocycles. The predicted molar refractivity (Wildman–Crippen MR) is 138 cm³/mol. The minimum absolute atomic E-state index is 0.0314. The summed E-state index contributed by atoms with van der Waals surface area (Å²) >= 11 is 0. The summed E-state index contributed by atoms with van der Waals surface area (Å²) < 4.78 is 13.6. The molecule has 35 heavy (non-hydrogen) atoms. The van der Waals surface area contributed by atoms with Crippen LogP contribution in [0.2, 0.25) is 0 Å². The zero-order chi connectivity index (χ0) is 24.9. The Morgan fingerprint density at radius 1 is 1.03 bits per heavy atom. The third-order valence-electron chi connectivity index (χ3n) is 6.28. The third kappa shape index (κ3) is 5.94. The van der Waals surface area contributed by atoms with E-state index in [-0.39, 0.29) is 29.5 Å². The molecular weight excluding hydrogens is 443 g/mol. The van der Waals surface area contributed by atoms with Crippen molar-refractivity contribution in [3.8, 4) is 0 Å². The van der Waals surface area contributed by atoms with Crippen molar-refractivity contribution in [2.75, 3.05) is 36.5 Å². The molecule has 0 aliphatic carbocycles. The van der Waals surface area contributed by atoms with Gasteiger partial charge in [0.1, 0.15) is 5.82 Å². The van der Waals surface area contributed by atoms with Crippen LogP contribution in [-0.2, 0) is 9.59 Å². The van der Waals surface area contributed by atoms with E-state index in [4.69, 9.17) is 5.73 Å². The van der Waals surface area contributed by atoms with Crippen LogP contribution in [0.25, 0.3) is 6.08 Å². The van der Waals surface area contributed by atoms with Crippen molar-refractivity contribution >= 4 is 35.0 Å². The number of nitrogens with two attached hydrogens (primary N) is 1. The number of carbonyl (C=O) groups excluding carboxylic acids is 2. The molecule has 2 atom stereocenters. The fourth-order valence-electron chi connectivity index (χ4n) is 4.37. The molecule has 1 aliphatic rings. The van der Waals surface area contributed by atoms with Gasteiger partial charge in [-0.05, 0) is 67.1 Å². The summed E-state index contributed by atoms with van der Waals surface area (Å²) in [4.78, 5) is 27.4. The Bertz CT molecular complexity index is 1260. The SMILES string of the molecule is Cc1cc(NC(=O)C2CN(C)CC2c2ccc(/C=C/C(=O)Nc3ccccc3N)cc2)ccc1F. The van der Waals surface area contributed by atoms with Crippen LogP contribution in [0.4, 0.5) is 21.5 Å². The first kappa shape index (κ1) is 24.2. The maximum absolute atomic E-state index is 13.6. The Hall–Kier alpha value is -3.97. The second-order valence-corrected chi connectivity index (χ2v) is 8.96. The van der Waals surface area contributed by atoms with Gasteiger partial charge >= 0.3 is 0 Å². The molecule has 4 N–H and O–H groups in total. The van der Waals surface area contributed by atoms with Crippen molar-refractivity contribution in [2.24, 2.45) is 5.92 Å². The molecule has 7 heteroatoms. The van der Waals surface area contributed by atoms with E-state index in [0.717, 1.165) is 17.7 Å². The summed E-state index contributed by atoms with van der Waals surface area (Å²) in [6.45, 7) is 3.08. The van der Waals surface area contributed by atoms with Gasteiger partial charge in [0, 0.05) is 30.8 Å². The van der Waals surface area contributed by atoms with Crippen LogP contribution >= 0.6 is 0 Å². The summed E-state index contributed by atoms with van der Waals surface area (Å²) in [5, 5.41) is 5.71. The van der Waals surface area contributed by atoms with E-state index in [9.17, 15) is 14.0 Å². The number of halogens is 1. The maximum atomic E-state index is 13.6. The predicted octanol–water partition coefficient (Wildman–Crippen LogP) is 4.65. The van der Waals surface area contributed by atoms with Gasteiger partial charge in [0.05, 0.1) is 17.3 Å². The van der Waals surface area contributed by atoms with Crippen LogP contribution < -0.4 is 16.4 Å². The topological polar surface area (TPSA) is 87.5 Å². The molecule has 3 aromatic carbocycles. The number of nitrogens with one attached hydrogen (secondary N) is 2. The van der Waals surface area contributed by atoms with Crippen molar-refractivity contribution < 1.29 is 14.0 Å². The lowest BCUT2D eigenvalue weighted by atomic mass is 9.88. The zero-order valence-corrected chi connectivity index (χ0v) is 19.8. The van der Waals surface area contributed by atoms with E-state index < -0.39 is 0 Å². The minimum atomic E-state index is -0.294. The molecule has 4 rings (SSSR count). The number of benzene rings is 3. The van der Waals surface area contributed by atoms with E-state index in [2.05, 4.69) is 15.5 Å². The van der Waals surface area contributed by atoms with E-state index in [1.165, 1.54) is 12.1 Å². The maximum Gasteiger partial charge on any atom is 0.248 e. The summed E-state index contributed by atoms with van der Waals surface area (Å²) in [6.07, 6.45) is 3.20. The first-order valence-corrected chi connectivity index (χ1v) is 11.5. The Morgan fingerprint density at radius 2 is 1.77 bits per heavy atom. The Morgan fingerprint density at radius 3 is 2.49 bits per heavy atom. The first-order valence-electron chi connectivity index (χ1n) is 11.5. The Kier molecular flexibility index (Phi) is 7.27. The number of nitrogens with zero attached hydrogens (tertiary/aromatic N) is 1. The number of likely N-dealkylation sites (N-methyl/N-ethyl adjacent to an activating group) is 1. The van der Waals surface area contributed by atoms with Gasteiger partial charge in [0.2, 0.25) is 11.8 Å². The van der Waals surface area contributed by atoms with E-state index >= 15 is 0 Å². The summed E-state index contributed by atoms with van der Waals surface area (Å²) in [5.41, 5.74) is 9.97. The molecule has 0 aromatic heterocycles. The van der Waals surface area contributed by atoms with E-state index in [0.29, 0.717) is 29.2 Å². The number of para-hydroxylation sites is 2. The Labute approximate surface area is 204 Å². The van der Waals surface area contributed by atoms with Gasteiger partial charge in [0.15, 0.2) is 0 Å². The molecule has 1 heterocycles. The lowest BCUT2D eigenvalue weighted by molar-refractivity contribution is -0.119. The second-order valence-electron chi connectivity index (χ2n) is 8.96. The van der Waals surface area contributed by atoms with Crippen molar-refractivity contribution in [1.82, 2.24) is 4.90 Å². The Balaban J connectivity index is 1.41. The lowest BCUT2D eigenvalue weighted by Crippen LogP contribution is -2.28. The van der Waals surface area contributed by atoms with Crippen molar-refractivity contribution in [2.45, 2.75) is 12.8 Å². The number of aryl methyl sites for hydroxylation is 1. The highest BCUT2D eigenvalue weighted by atomic mass is 19.1. The lowest BCUT2D eigenvalue weighted by Gasteiger charge is -2.19. The number of likely N-dealkylation sites (tertiary alicyclic amines) is 1. The van der Waals surface area contributed by atoms with Crippen LogP contribution in [0.5, 0.6) is 0 Å². The van der Waals surface area contributed by atoms with Crippen LogP contribution in [0, 0.1) is 18.7 Å². The van der Waals surface area contributed by atoms with Crippen molar-refractivity contribution in [1.29, 1.82) is 0 Å². The van der Waals surface area contributed by atoms with E-state index in [1.807, 2.05) is 43.4 Å². The molecule has 2 unspecified atom stereocenters. The fraction of sp³-hybridized carbons (Fsp3) is 0.214. The van der Waals surface area contributed by atoms with Gasteiger partial charge in [0.25, 0.3) is 0 Å². The van der Waals surface area contributed by atoms with Crippen LogP contribution in [0.1, 0.15) is 22.6 Å². The zero-order valence-electron chi connectivity index (χ0n) is 19.8.